The fraction of sp³-hybridized carbons (Fsp3) is 0.727. The Morgan fingerprint density at radius 2 is 1.13 bits per heavy atom. The zero-order valence-corrected chi connectivity index (χ0v) is 16.7. The smallest absolute Gasteiger partial charge is 0.227 e. The van der Waals surface area contributed by atoms with Crippen molar-refractivity contribution >= 4 is 34.8 Å². The Hall–Kier alpha value is -2.22. The van der Waals surface area contributed by atoms with E-state index in [0.717, 1.165) is 0 Å². The van der Waals surface area contributed by atoms with Crippen LogP contribution in [0, 0.1) is 0 Å². The minimum Gasteiger partial charge on any atom is -0.380 e. The van der Waals surface area contributed by atoms with Gasteiger partial charge in [-0.1, -0.05) is 22.3 Å². The third-order valence-corrected chi connectivity index (χ3v) is 3.00. The van der Waals surface area contributed by atoms with Gasteiger partial charge in [-0.25, -0.2) is 0 Å². The van der Waals surface area contributed by atoms with Crippen molar-refractivity contribution < 1.29 is 33.5 Å². The monoisotopic (exact) mass is 433 g/mol. The number of rotatable bonds is 14. The number of Topliss-reactive ketones (excluding diaryl/α,β-unsaturated/α-hetero) is 5. The molecule has 0 aliphatic heterocycles. The lowest BCUT2D eigenvalue weighted by Crippen LogP contribution is -2.28. The fourth-order valence-electron chi connectivity index (χ4n) is 1.76. The predicted molar refractivity (Wildman–Crippen MR) is 119 cm³/mol. The second-order valence-electron chi connectivity index (χ2n) is 6.27. The summed E-state index contributed by atoms with van der Waals surface area (Å²) in [5.41, 5.74) is 0. The van der Waals surface area contributed by atoms with Crippen molar-refractivity contribution in [2.24, 2.45) is 0 Å². The Kier molecular flexibility index (Phi) is 31.8. The first kappa shape index (κ1) is 38.4. The van der Waals surface area contributed by atoms with Crippen LogP contribution in [0.1, 0.15) is 88.5 Å². The molecule has 0 saturated heterocycles. The van der Waals surface area contributed by atoms with Crippen LogP contribution in [0.2, 0.25) is 0 Å². The number of ketones is 5. The second-order valence-corrected chi connectivity index (χ2v) is 6.27. The number of hydrogen-bond donors (Lipinski definition) is 1. The number of ether oxygens (including phenoxy) is 1. The standard InChI is InChI=1S/C11H19NO4.C8H12O3.3CH4/c1-9(13)4-3-6-16-7-5-12-11(15)8-10(2)14;1-6(9)3-4-8(11)5-7(2)10;;;/h3-8H2,1-2H3,(H,12,15);3-5H2,1-2H3;3*1H4. The van der Waals surface area contributed by atoms with Gasteiger partial charge in [-0.2, -0.15) is 0 Å². The molecule has 1 amide bonds. The quantitative estimate of drug-likeness (QED) is 0.329. The van der Waals surface area contributed by atoms with E-state index in [-0.39, 0.29) is 82.8 Å². The maximum atomic E-state index is 11.0. The number of nitrogens with one attached hydrogen (secondary N) is 1. The molecule has 0 heterocycles. The van der Waals surface area contributed by atoms with Gasteiger partial charge in [-0.15, -0.1) is 0 Å². The zero-order valence-electron chi connectivity index (χ0n) is 16.7. The van der Waals surface area contributed by atoms with Gasteiger partial charge in [0.1, 0.15) is 28.9 Å². The molecule has 0 bridgehead atoms. The van der Waals surface area contributed by atoms with Crippen LogP contribution in [0.4, 0.5) is 0 Å². The summed E-state index contributed by atoms with van der Waals surface area (Å²) in [6.07, 6.45) is 1.58. The lowest BCUT2D eigenvalue weighted by atomic mass is 10.1. The summed E-state index contributed by atoms with van der Waals surface area (Å²) in [5.74, 6) is -0.578. The van der Waals surface area contributed by atoms with Crippen LogP contribution in [0.25, 0.3) is 0 Å². The van der Waals surface area contributed by atoms with Crippen molar-refractivity contribution in [2.75, 3.05) is 19.8 Å². The first-order chi connectivity index (χ1) is 12.5. The minimum absolute atomic E-state index is 0. The average Bonchev–Trinajstić information content (AvgIpc) is 2.51. The van der Waals surface area contributed by atoms with Crippen LogP contribution in [0.3, 0.4) is 0 Å². The average molecular weight is 434 g/mol. The number of carbonyl (C=O) groups is 6. The summed E-state index contributed by atoms with van der Waals surface area (Å²) in [4.78, 5) is 63.7. The molecule has 0 spiro atoms. The van der Waals surface area contributed by atoms with Gasteiger partial charge in [0, 0.05) is 32.4 Å². The molecule has 0 aromatic rings. The molecule has 0 rings (SSSR count). The van der Waals surface area contributed by atoms with Crippen LogP contribution in [-0.4, -0.2) is 54.6 Å². The molecule has 0 aromatic heterocycles. The summed E-state index contributed by atoms with van der Waals surface area (Å²) in [6, 6.07) is 0. The molecule has 8 heteroatoms. The molecular formula is C22H43NO7. The van der Waals surface area contributed by atoms with Gasteiger partial charge in [-0.05, 0) is 34.1 Å². The molecule has 30 heavy (non-hydrogen) atoms. The van der Waals surface area contributed by atoms with Crippen LogP contribution in [0.5, 0.6) is 0 Å². The van der Waals surface area contributed by atoms with E-state index in [1.165, 1.54) is 20.8 Å². The number of hydrogen-bond acceptors (Lipinski definition) is 7. The van der Waals surface area contributed by atoms with Crippen molar-refractivity contribution in [3.63, 3.8) is 0 Å². The highest BCUT2D eigenvalue weighted by Crippen LogP contribution is 1.96. The van der Waals surface area contributed by atoms with E-state index in [0.29, 0.717) is 32.6 Å². The molecule has 8 nitrogen and oxygen atoms in total. The van der Waals surface area contributed by atoms with Crippen LogP contribution in [-0.2, 0) is 33.5 Å². The van der Waals surface area contributed by atoms with Crippen molar-refractivity contribution in [3.8, 4) is 0 Å². The maximum Gasteiger partial charge on any atom is 0.227 e. The van der Waals surface area contributed by atoms with E-state index >= 15 is 0 Å². The Bertz CT molecular complexity index is 528. The Balaban J connectivity index is -0.000000133. The zero-order chi connectivity index (χ0) is 21.2. The second kappa shape index (κ2) is 24.8. The van der Waals surface area contributed by atoms with Gasteiger partial charge >= 0.3 is 0 Å². The molecule has 0 saturated carbocycles. The van der Waals surface area contributed by atoms with Crippen LogP contribution in [0.15, 0.2) is 0 Å². The molecule has 0 atom stereocenters. The van der Waals surface area contributed by atoms with Crippen LogP contribution >= 0.6 is 0 Å². The fourth-order valence-corrected chi connectivity index (χ4v) is 1.76. The molecule has 0 aromatic carbocycles. The Morgan fingerprint density at radius 1 is 0.633 bits per heavy atom. The highest BCUT2D eigenvalue weighted by molar-refractivity contribution is 5.99. The van der Waals surface area contributed by atoms with Gasteiger partial charge in [0.2, 0.25) is 5.91 Å². The summed E-state index contributed by atoms with van der Waals surface area (Å²) in [5, 5.41) is 2.56. The van der Waals surface area contributed by atoms with E-state index in [4.69, 9.17) is 4.74 Å². The topological polar surface area (TPSA) is 124 Å². The largest absolute Gasteiger partial charge is 0.380 e. The molecular weight excluding hydrogens is 390 g/mol. The maximum absolute atomic E-state index is 11.0. The van der Waals surface area contributed by atoms with E-state index in [1.54, 1.807) is 6.92 Å². The van der Waals surface area contributed by atoms with Gasteiger partial charge < -0.3 is 19.6 Å². The third-order valence-electron chi connectivity index (χ3n) is 3.00. The Labute approximate surface area is 182 Å². The molecule has 0 fully saturated rings. The predicted octanol–water partition coefficient (Wildman–Crippen LogP) is 3.28. The van der Waals surface area contributed by atoms with Crippen molar-refractivity contribution in [2.45, 2.75) is 88.5 Å². The van der Waals surface area contributed by atoms with Crippen molar-refractivity contribution in [1.29, 1.82) is 0 Å². The molecule has 178 valence electrons. The first-order valence-electron chi connectivity index (χ1n) is 8.88. The Morgan fingerprint density at radius 3 is 1.57 bits per heavy atom. The highest BCUT2D eigenvalue weighted by Gasteiger charge is 2.06. The van der Waals surface area contributed by atoms with Crippen molar-refractivity contribution in [1.82, 2.24) is 5.32 Å². The molecule has 1 N–H and O–H groups in total. The molecule has 0 unspecified atom stereocenters. The molecule has 0 radical (unpaired) electrons. The van der Waals surface area contributed by atoms with Crippen molar-refractivity contribution in [3.05, 3.63) is 0 Å². The first-order valence-corrected chi connectivity index (χ1v) is 8.88. The number of carbonyl (C=O) groups excluding carboxylic acids is 6. The minimum atomic E-state index is -0.278. The summed E-state index contributed by atoms with van der Waals surface area (Å²) in [6.45, 7) is 7.03. The lowest BCUT2D eigenvalue weighted by molar-refractivity contribution is -0.128. The normalized spacial score (nSPS) is 8.67. The summed E-state index contributed by atoms with van der Waals surface area (Å²) in [7, 11) is 0. The van der Waals surface area contributed by atoms with E-state index < -0.39 is 0 Å². The number of amides is 1. The molecule has 0 aliphatic rings. The van der Waals surface area contributed by atoms with E-state index in [9.17, 15) is 28.8 Å². The SMILES string of the molecule is C.C.C.CC(=O)CCC(=O)CC(C)=O.CC(=O)CCCOCCNC(=O)CC(C)=O. The van der Waals surface area contributed by atoms with Gasteiger partial charge in [0.15, 0.2) is 0 Å². The van der Waals surface area contributed by atoms with Crippen LogP contribution < -0.4 is 5.32 Å². The van der Waals surface area contributed by atoms with Gasteiger partial charge in [0.25, 0.3) is 0 Å². The van der Waals surface area contributed by atoms with E-state index in [2.05, 4.69) is 5.32 Å². The summed E-state index contributed by atoms with van der Waals surface area (Å²) >= 11 is 0. The molecule has 0 aliphatic carbocycles. The highest BCUT2D eigenvalue weighted by atomic mass is 16.5. The summed E-state index contributed by atoms with van der Waals surface area (Å²) < 4.78 is 5.19. The lowest BCUT2D eigenvalue weighted by Gasteiger charge is -2.05. The van der Waals surface area contributed by atoms with Gasteiger partial charge in [0.05, 0.1) is 19.4 Å². The van der Waals surface area contributed by atoms with Gasteiger partial charge in [-0.3, -0.25) is 19.2 Å². The van der Waals surface area contributed by atoms with E-state index in [1.807, 2.05) is 0 Å². The third kappa shape index (κ3) is 36.7.